The van der Waals surface area contributed by atoms with E-state index >= 15 is 0 Å². The Morgan fingerprint density at radius 1 is 1.33 bits per heavy atom. The topological polar surface area (TPSA) is 29.3 Å². The molecule has 1 saturated carbocycles. The summed E-state index contributed by atoms with van der Waals surface area (Å²) in [6, 6.07) is 9.19. The quantitative estimate of drug-likeness (QED) is 0.836. The molecule has 1 fully saturated rings. The molecule has 1 aliphatic carbocycles. The van der Waals surface area contributed by atoms with Crippen molar-refractivity contribution in [2.24, 2.45) is 17.6 Å². The largest absolute Gasteiger partial charge is 0.374 e. The maximum absolute atomic E-state index is 5.98. The summed E-state index contributed by atoms with van der Waals surface area (Å²) in [6.07, 6.45) is 3.43. The number of hydrogen-bond acceptors (Lipinski definition) is 2. The van der Waals surface area contributed by atoms with Crippen molar-refractivity contribution in [3.8, 4) is 0 Å². The van der Waals surface area contributed by atoms with Crippen LogP contribution in [0.4, 0.5) is 5.69 Å². The number of nitrogens with zero attached hydrogens (tertiary/aromatic N) is 1. The third-order valence-electron chi connectivity index (χ3n) is 4.18. The second kappa shape index (κ2) is 5.75. The van der Waals surface area contributed by atoms with Crippen LogP contribution in [-0.2, 0) is 6.42 Å². The van der Waals surface area contributed by atoms with Crippen LogP contribution in [0, 0.1) is 11.8 Å². The average molecular weight is 246 g/mol. The highest BCUT2D eigenvalue weighted by atomic mass is 15.1. The van der Waals surface area contributed by atoms with E-state index in [0.29, 0.717) is 6.04 Å². The molecule has 2 N–H and O–H groups in total. The maximum Gasteiger partial charge on any atom is 0.0363 e. The molecular formula is C16H26N2. The van der Waals surface area contributed by atoms with E-state index in [1.54, 1.807) is 0 Å². The molecule has 18 heavy (non-hydrogen) atoms. The zero-order valence-electron chi connectivity index (χ0n) is 11.9. The first kappa shape index (κ1) is 13.4. The first-order valence-corrected chi connectivity index (χ1v) is 7.15. The second-order valence-electron chi connectivity index (χ2n) is 5.89. The molecule has 1 aromatic carbocycles. The van der Waals surface area contributed by atoms with E-state index in [1.165, 1.54) is 24.2 Å². The third kappa shape index (κ3) is 3.49. The zero-order chi connectivity index (χ0) is 13.1. The lowest BCUT2D eigenvalue weighted by Crippen LogP contribution is -2.22. The van der Waals surface area contributed by atoms with Crippen molar-refractivity contribution in [2.75, 3.05) is 18.5 Å². The molecule has 0 aromatic heterocycles. The predicted molar refractivity (Wildman–Crippen MR) is 79.0 cm³/mol. The Hall–Kier alpha value is -1.02. The van der Waals surface area contributed by atoms with Crippen molar-refractivity contribution in [1.29, 1.82) is 0 Å². The standard InChI is InChI=1S/C16H26N2/c1-4-15(17)10-13-5-7-16(8-6-13)18(3)11-14-9-12(14)2/h5-8,12,14-15H,4,9-11,17H2,1-3H3. The average Bonchev–Trinajstić information content (AvgIpc) is 3.05. The molecule has 2 nitrogen and oxygen atoms in total. The summed E-state index contributed by atoms with van der Waals surface area (Å²) in [4.78, 5) is 2.37. The lowest BCUT2D eigenvalue weighted by atomic mass is 10.0. The molecular weight excluding hydrogens is 220 g/mol. The molecule has 0 aliphatic heterocycles. The van der Waals surface area contributed by atoms with Crippen LogP contribution in [0.5, 0.6) is 0 Å². The molecule has 0 amide bonds. The van der Waals surface area contributed by atoms with E-state index in [0.717, 1.165) is 24.7 Å². The number of hydrogen-bond donors (Lipinski definition) is 1. The van der Waals surface area contributed by atoms with Gasteiger partial charge < -0.3 is 10.6 Å². The van der Waals surface area contributed by atoms with Gasteiger partial charge in [0.1, 0.15) is 0 Å². The fourth-order valence-electron chi connectivity index (χ4n) is 2.44. The number of anilines is 1. The van der Waals surface area contributed by atoms with E-state index in [4.69, 9.17) is 5.73 Å². The van der Waals surface area contributed by atoms with Gasteiger partial charge in [0, 0.05) is 25.3 Å². The van der Waals surface area contributed by atoms with Gasteiger partial charge in [-0.25, -0.2) is 0 Å². The van der Waals surface area contributed by atoms with Crippen molar-refractivity contribution in [2.45, 2.75) is 39.2 Å². The fraction of sp³-hybridized carbons (Fsp3) is 0.625. The van der Waals surface area contributed by atoms with Gasteiger partial charge in [-0.2, -0.15) is 0 Å². The van der Waals surface area contributed by atoms with Crippen LogP contribution in [0.15, 0.2) is 24.3 Å². The van der Waals surface area contributed by atoms with Gasteiger partial charge >= 0.3 is 0 Å². The summed E-state index contributed by atoms with van der Waals surface area (Å²) in [6.45, 7) is 5.67. The Labute approximate surface area is 111 Å². The Balaban J connectivity index is 1.90. The first-order valence-electron chi connectivity index (χ1n) is 7.15. The first-order chi connectivity index (χ1) is 8.60. The second-order valence-corrected chi connectivity index (χ2v) is 5.89. The number of benzene rings is 1. The van der Waals surface area contributed by atoms with Gasteiger partial charge in [0.15, 0.2) is 0 Å². The summed E-state index contributed by atoms with van der Waals surface area (Å²) < 4.78 is 0. The highest BCUT2D eigenvalue weighted by molar-refractivity contribution is 5.47. The zero-order valence-corrected chi connectivity index (χ0v) is 11.9. The highest BCUT2D eigenvalue weighted by Crippen LogP contribution is 2.38. The van der Waals surface area contributed by atoms with E-state index in [-0.39, 0.29) is 0 Å². The molecule has 0 saturated heterocycles. The van der Waals surface area contributed by atoms with E-state index in [2.05, 4.69) is 50.1 Å². The molecule has 0 heterocycles. The van der Waals surface area contributed by atoms with E-state index in [1.807, 2.05) is 0 Å². The van der Waals surface area contributed by atoms with Gasteiger partial charge in [-0.05, 0) is 48.8 Å². The number of rotatable bonds is 6. The van der Waals surface area contributed by atoms with E-state index in [9.17, 15) is 0 Å². The van der Waals surface area contributed by atoms with Crippen LogP contribution >= 0.6 is 0 Å². The van der Waals surface area contributed by atoms with Gasteiger partial charge in [-0.1, -0.05) is 26.0 Å². The molecule has 0 bridgehead atoms. The van der Waals surface area contributed by atoms with Crippen molar-refractivity contribution in [3.05, 3.63) is 29.8 Å². The number of nitrogens with two attached hydrogens (primary N) is 1. The monoisotopic (exact) mass is 246 g/mol. The minimum absolute atomic E-state index is 0.292. The van der Waals surface area contributed by atoms with Crippen LogP contribution in [0.25, 0.3) is 0 Å². The predicted octanol–water partition coefficient (Wildman–Crippen LogP) is 3.06. The van der Waals surface area contributed by atoms with Crippen LogP contribution in [0.2, 0.25) is 0 Å². The SMILES string of the molecule is CCC(N)Cc1ccc(N(C)CC2CC2C)cc1. The van der Waals surface area contributed by atoms with E-state index < -0.39 is 0 Å². The van der Waals surface area contributed by atoms with Gasteiger partial charge in [0.25, 0.3) is 0 Å². The maximum atomic E-state index is 5.98. The Kier molecular flexibility index (Phi) is 4.28. The summed E-state index contributed by atoms with van der Waals surface area (Å²) in [5.74, 6) is 1.83. The van der Waals surface area contributed by atoms with Crippen LogP contribution in [0.3, 0.4) is 0 Å². The lowest BCUT2D eigenvalue weighted by Gasteiger charge is -2.20. The molecule has 100 valence electrons. The highest BCUT2D eigenvalue weighted by Gasteiger charge is 2.33. The van der Waals surface area contributed by atoms with Gasteiger partial charge in [0.2, 0.25) is 0 Å². The Morgan fingerprint density at radius 2 is 1.94 bits per heavy atom. The van der Waals surface area contributed by atoms with Crippen LogP contribution in [-0.4, -0.2) is 19.6 Å². The van der Waals surface area contributed by atoms with Gasteiger partial charge in [-0.3, -0.25) is 0 Å². The minimum Gasteiger partial charge on any atom is -0.374 e. The summed E-state index contributed by atoms with van der Waals surface area (Å²) in [7, 11) is 2.19. The smallest absolute Gasteiger partial charge is 0.0363 e. The summed E-state index contributed by atoms with van der Waals surface area (Å²) in [5, 5.41) is 0. The molecule has 1 aromatic rings. The summed E-state index contributed by atoms with van der Waals surface area (Å²) in [5.41, 5.74) is 8.65. The minimum atomic E-state index is 0.292. The lowest BCUT2D eigenvalue weighted by molar-refractivity contribution is 0.646. The molecule has 3 unspecified atom stereocenters. The molecule has 0 spiro atoms. The summed E-state index contributed by atoms with van der Waals surface area (Å²) >= 11 is 0. The van der Waals surface area contributed by atoms with Gasteiger partial charge in [-0.15, -0.1) is 0 Å². The van der Waals surface area contributed by atoms with Crippen LogP contribution < -0.4 is 10.6 Å². The van der Waals surface area contributed by atoms with Gasteiger partial charge in [0.05, 0.1) is 0 Å². The fourth-order valence-corrected chi connectivity index (χ4v) is 2.44. The molecule has 0 radical (unpaired) electrons. The van der Waals surface area contributed by atoms with Crippen molar-refractivity contribution in [1.82, 2.24) is 0 Å². The Bertz CT molecular complexity index is 371. The Morgan fingerprint density at radius 3 is 2.44 bits per heavy atom. The van der Waals surface area contributed by atoms with Crippen molar-refractivity contribution < 1.29 is 0 Å². The normalized spacial score (nSPS) is 23.8. The van der Waals surface area contributed by atoms with Crippen molar-refractivity contribution >= 4 is 5.69 Å². The molecule has 2 heteroatoms. The third-order valence-corrected chi connectivity index (χ3v) is 4.18. The molecule has 3 atom stereocenters. The molecule has 2 rings (SSSR count). The van der Waals surface area contributed by atoms with Crippen LogP contribution in [0.1, 0.15) is 32.3 Å². The molecule has 1 aliphatic rings. The van der Waals surface area contributed by atoms with Crippen molar-refractivity contribution in [3.63, 3.8) is 0 Å².